The van der Waals surface area contributed by atoms with E-state index in [9.17, 15) is 0 Å². The van der Waals surface area contributed by atoms with Crippen LogP contribution in [-0.4, -0.2) is 49.6 Å². The summed E-state index contributed by atoms with van der Waals surface area (Å²) in [4.78, 5) is 4.94. The minimum atomic E-state index is 0.543. The van der Waals surface area contributed by atoms with Gasteiger partial charge < -0.3 is 10.2 Å². The van der Waals surface area contributed by atoms with Gasteiger partial charge in [-0.2, -0.15) is 0 Å². The van der Waals surface area contributed by atoms with Crippen molar-refractivity contribution in [1.29, 1.82) is 0 Å². The minimum Gasteiger partial charge on any atom is -0.313 e. The van der Waals surface area contributed by atoms with E-state index < -0.39 is 0 Å². The molecule has 2 atom stereocenters. The van der Waals surface area contributed by atoms with Crippen LogP contribution in [0.2, 0.25) is 0 Å². The molecular weight excluding hydrogens is 246 g/mol. The van der Waals surface area contributed by atoms with Gasteiger partial charge in [-0.15, -0.1) is 0 Å². The fraction of sp³-hybridized carbons (Fsp3) is 0.647. The largest absolute Gasteiger partial charge is 0.313 e. The summed E-state index contributed by atoms with van der Waals surface area (Å²) in [6, 6.07) is 10.0. The summed E-state index contributed by atoms with van der Waals surface area (Å²) in [7, 11) is 4.32. The van der Waals surface area contributed by atoms with Crippen LogP contribution in [0, 0.1) is 0 Å². The molecule has 1 aliphatic rings. The van der Waals surface area contributed by atoms with E-state index in [-0.39, 0.29) is 0 Å². The summed E-state index contributed by atoms with van der Waals surface area (Å²) in [5.74, 6) is 0. The van der Waals surface area contributed by atoms with Crippen molar-refractivity contribution in [2.45, 2.75) is 38.9 Å². The lowest BCUT2D eigenvalue weighted by atomic mass is 9.96. The Morgan fingerprint density at radius 2 is 2.05 bits per heavy atom. The number of hydrogen-bond acceptors (Lipinski definition) is 3. The zero-order valence-corrected chi connectivity index (χ0v) is 13.4. The van der Waals surface area contributed by atoms with E-state index in [0.717, 1.165) is 26.2 Å². The lowest BCUT2D eigenvalue weighted by Crippen LogP contribution is -2.42. The predicted molar refractivity (Wildman–Crippen MR) is 85.9 cm³/mol. The molecule has 1 aliphatic heterocycles. The van der Waals surface area contributed by atoms with Gasteiger partial charge in [0.15, 0.2) is 0 Å². The van der Waals surface area contributed by atoms with Crippen LogP contribution in [0.1, 0.15) is 37.4 Å². The van der Waals surface area contributed by atoms with Crippen LogP contribution >= 0.6 is 0 Å². The molecule has 0 aliphatic carbocycles. The molecule has 0 saturated heterocycles. The van der Waals surface area contributed by atoms with Crippen LogP contribution in [0.15, 0.2) is 24.3 Å². The first-order valence-electron chi connectivity index (χ1n) is 7.82. The number of benzene rings is 1. The molecule has 3 nitrogen and oxygen atoms in total. The quantitative estimate of drug-likeness (QED) is 0.891. The number of fused-ring (bicyclic) bond motifs is 1. The summed E-state index contributed by atoms with van der Waals surface area (Å²) < 4.78 is 0. The lowest BCUT2D eigenvalue weighted by molar-refractivity contribution is 0.122. The molecule has 112 valence electrons. The maximum atomic E-state index is 3.56. The zero-order valence-electron chi connectivity index (χ0n) is 13.4. The molecule has 1 aromatic carbocycles. The van der Waals surface area contributed by atoms with Gasteiger partial charge in [-0.3, -0.25) is 4.90 Å². The molecule has 3 heteroatoms. The Labute approximate surface area is 124 Å². The van der Waals surface area contributed by atoms with Crippen molar-refractivity contribution in [3.8, 4) is 0 Å². The summed E-state index contributed by atoms with van der Waals surface area (Å²) in [5, 5.41) is 3.56. The third-order valence-corrected chi connectivity index (χ3v) is 4.29. The van der Waals surface area contributed by atoms with Gasteiger partial charge in [-0.05, 0) is 51.7 Å². The number of rotatable bonds is 5. The molecule has 0 radical (unpaired) electrons. The zero-order chi connectivity index (χ0) is 14.5. The first-order chi connectivity index (χ1) is 9.63. The standard InChI is InChI=1S/C17H29N3/c1-5-20(14(2)13-19(3)4)17-10-11-18-12-15-8-6-7-9-16(15)17/h6-9,14,17-18H,5,10-13H2,1-4H3. The van der Waals surface area contributed by atoms with Crippen molar-refractivity contribution in [2.24, 2.45) is 0 Å². The first-order valence-corrected chi connectivity index (χ1v) is 7.82. The third kappa shape index (κ3) is 3.60. The van der Waals surface area contributed by atoms with Crippen LogP contribution in [0.5, 0.6) is 0 Å². The van der Waals surface area contributed by atoms with E-state index >= 15 is 0 Å². The van der Waals surface area contributed by atoms with Gasteiger partial charge in [0.25, 0.3) is 0 Å². The van der Waals surface area contributed by atoms with Gasteiger partial charge in [0, 0.05) is 25.2 Å². The van der Waals surface area contributed by atoms with Gasteiger partial charge in [-0.25, -0.2) is 0 Å². The van der Waals surface area contributed by atoms with Gasteiger partial charge >= 0.3 is 0 Å². The highest BCUT2D eigenvalue weighted by Gasteiger charge is 2.26. The Morgan fingerprint density at radius 3 is 2.75 bits per heavy atom. The topological polar surface area (TPSA) is 18.5 Å². The Balaban J connectivity index is 2.24. The number of nitrogens with zero attached hydrogens (tertiary/aromatic N) is 2. The Bertz CT molecular complexity index is 416. The summed E-state index contributed by atoms with van der Waals surface area (Å²) in [6.07, 6.45) is 1.20. The molecule has 0 fully saturated rings. The molecular formula is C17H29N3. The highest BCUT2D eigenvalue weighted by atomic mass is 15.2. The Morgan fingerprint density at radius 1 is 1.30 bits per heavy atom. The van der Waals surface area contributed by atoms with Crippen LogP contribution in [0.25, 0.3) is 0 Å². The SMILES string of the molecule is CCN(C(C)CN(C)C)C1CCNCc2ccccc21. The third-order valence-electron chi connectivity index (χ3n) is 4.29. The smallest absolute Gasteiger partial charge is 0.0366 e. The van der Waals surface area contributed by atoms with E-state index in [2.05, 4.69) is 67.3 Å². The average Bonchev–Trinajstić information content (AvgIpc) is 2.62. The molecule has 2 unspecified atom stereocenters. The molecule has 2 rings (SSSR count). The van der Waals surface area contributed by atoms with Crippen molar-refractivity contribution in [2.75, 3.05) is 33.7 Å². The number of nitrogens with one attached hydrogen (secondary N) is 1. The summed E-state index contributed by atoms with van der Waals surface area (Å²) in [6.45, 7) is 8.96. The number of likely N-dealkylation sites (N-methyl/N-ethyl adjacent to an activating group) is 2. The van der Waals surface area contributed by atoms with E-state index in [1.807, 2.05) is 0 Å². The Hall–Kier alpha value is -0.900. The molecule has 0 saturated carbocycles. The van der Waals surface area contributed by atoms with Crippen LogP contribution in [-0.2, 0) is 6.54 Å². The summed E-state index contributed by atoms with van der Waals surface area (Å²) >= 11 is 0. The molecule has 1 N–H and O–H groups in total. The van der Waals surface area contributed by atoms with Gasteiger partial charge in [0.2, 0.25) is 0 Å². The second-order valence-electron chi connectivity index (χ2n) is 6.12. The highest BCUT2D eigenvalue weighted by Crippen LogP contribution is 2.30. The number of hydrogen-bond donors (Lipinski definition) is 1. The van der Waals surface area contributed by atoms with Gasteiger partial charge in [0.1, 0.15) is 0 Å². The molecule has 20 heavy (non-hydrogen) atoms. The van der Waals surface area contributed by atoms with E-state index in [1.54, 1.807) is 0 Å². The highest BCUT2D eigenvalue weighted by molar-refractivity contribution is 5.31. The van der Waals surface area contributed by atoms with E-state index in [4.69, 9.17) is 0 Å². The van der Waals surface area contributed by atoms with Gasteiger partial charge in [0.05, 0.1) is 0 Å². The van der Waals surface area contributed by atoms with E-state index in [0.29, 0.717) is 12.1 Å². The molecule has 1 heterocycles. The lowest BCUT2D eigenvalue weighted by Gasteiger charge is -2.37. The monoisotopic (exact) mass is 275 g/mol. The summed E-state index contributed by atoms with van der Waals surface area (Å²) in [5.41, 5.74) is 2.98. The molecule has 0 amide bonds. The average molecular weight is 275 g/mol. The maximum Gasteiger partial charge on any atom is 0.0366 e. The fourth-order valence-electron chi connectivity index (χ4n) is 3.45. The molecule has 0 aromatic heterocycles. The normalized spacial score (nSPS) is 20.8. The van der Waals surface area contributed by atoms with Gasteiger partial charge in [-0.1, -0.05) is 31.2 Å². The Kier molecular flexibility index (Phi) is 5.58. The van der Waals surface area contributed by atoms with Crippen molar-refractivity contribution < 1.29 is 0 Å². The van der Waals surface area contributed by atoms with Crippen molar-refractivity contribution >= 4 is 0 Å². The predicted octanol–water partition coefficient (Wildman–Crippen LogP) is 2.49. The molecule has 1 aromatic rings. The van der Waals surface area contributed by atoms with E-state index in [1.165, 1.54) is 17.5 Å². The van der Waals surface area contributed by atoms with Crippen LogP contribution in [0.4, 0.5) is 0 Å². The first kappa shape index (κ1) is 15.5. The maximum absolute atomic E-state index is 3.56. The fourth-order valence-corrected chi connectivity index (χ4v) is 3.45. The van der Waals surface area contributed by atoms with Crippen molar-refractivity contribution in [1.82, 2.24) is 15.1 Å². The van der Waals surface area contributed by atoms with Crippen molar-refractivity contribution in [3.63, 3.8) is 0 Å². The minimum absolute atomic E-state index is 0.543. The second kappa shape index (κ2) is 7.21. The second-order valence-corrected chi connectivity index (χ2v) is 6.12. The van der Waals surface area contributed by atoms with Crippen LogP contribution in [0.3, 0.4) is 0 Å². The van der Waals surface area contributed by atoms with Crippen molar-refractivity contribution in [3.05, 3.63) is 35.4 Å². The molecule has 0 bridgehead atoms. The molecule has 0 spiro atoms. The van der Waals surface area contributed by atoms with Crippen LogP contribution < -0.4 is 5.32 Å².